The topological polar surface area (TPSA) is 36.9 Å². The Morgan fingerprint density at radius 2 is 1.59 bits per heavy atom. The Morgan fingerprint density at radius 1 is 1.00 bits per heavy atom. The van der Waals surface area contributed by atoms with Gasteiger partial charge in [-0.1, -0.05) is 42.1 Å². The molecule has 0 N–H and O–H groups in total. The first-order valence-electron chi connectivity index (χ1n) is 8.54. The quantitative estimate of drug-likeness (QED) is 0.176. The Morgan fingerprint density at radius 3 is 2.05 bits per heavy atom. The van der Waals surface area contributed by atoms with Crippen molar-refractivity contribution < 1.29 is 18.0 Å². The number of ether oxygens (including phenoxy) is 1. The molecule has 0 aromatic heterocycles. The fraction of sp³-hybridized carbons (Fsp3) is 1.00. The molecule has 0 spiro atoms. The summed E-state index contributed by atoms with van der Waals surface area (Å²) in [5.41, 5.74) is 0. The SMILES string of the molecule is CCCCCC[Si](OCC)(OCC)OC(C)OCC(C)(C)Br. The van der Waals surface area contributed by atoms with Gasteiger partial charge in [0.2, 0.25) is 0 Å². The number of unbranched alkanes of at least 4 members (excludes halogenated alkanes) is 3. The van der Waals surface area contributed by atoms with Crippen LogP contribution in [0, 0.1) is 0 Å². The Bertz CT molecular complexity index is 265. The molecule has 134 valence electrons. The summed E-state index contributed by atoms with van der Waals surface area (Å²) in [5.74, 6) is 0. The van der Waals surface area contributed by atoms with Crippen molar-refractivity contribution in [1.82, 2.24) is 0 Å². The molecule has 4 nitrogen and oxygen atoms in total. The van der Waals surface area contributed by atoms with Crippen LogP contribution in [0.3, 0.4) is 0 Å². The van der Waals surface area contributed by atoms with Gasteiger partial charge in [0.05, 0.1) is 6.61 Å². The van der Waals surface area contributed by atoms with Crippen LogP contribution < -0.4 is 0 Å². The third-order valence-electron chi connectivity index (χ3n) is 3.07. The van der Waals surface area contributed by atoms with Crippen LogP contribution in [0.1, 0.15) is 67.2 Å². The summed E-state index contributed by atoms with van der Waals surface area (Å²) in [5, 5.41) is 0. The first kappa shape index (κ1) is 22.5. The minimum atomic E-state index is -2.65. The largest absolute Gasteiger partial charge is 0.502 e. The average molecular weight is 399 g/mol. The summed E-state index contributed by atoms with van der Waals surface area (Å²) < 4.78 is 23.8. The van der Waals surface area contributed by atoms with Crippen molar-refractivity contribution >= 4 is 24.7 Å². The smallest absolute Gasteiger partial charge is 0.374 e. The van der Waals surface area contributed by atoms with Crippen molar-refractivity contribution in [2.75, 3.05) is 19.8 Å². The zero-order valence-corrected chi connectivity index (χ0v) is 17.8. The minimum absolute atomic E-state index is 0.0623. The summed E-state index contributed by atoms with van der Waals surface area (Å²) >= 11 is 3.58. The molecule has 0 saturated heterocycles. The lowest BCUT2D eigenvalue weighted by Crippen LogP contribution is -2.48. The van der Waals surface area contributed by atoms with Crippen LogP contribution in [0.15, 0.2) is 0 Å². The predicted molar refractivity (Wildman–Crippen MR) is 97.5 cm³/mol. The van der Waals surface area contributed by atoms with Gasteiger partial charge in [0.25, 0.3) is 0 Å². The molecule has 0 amide bonds. The van der Waals surface area contributed by atoms with E-state index in [1.165, 1.54) is 19.3 Å². The second-order valence-electron chi connectivity index (χ2n) is 6.07. The van der Waals surface area contributed by atoms with Crippen molar-refractivity contribution in [3.05, 3.63) is 0 Å². The molecule has 0 aliphatic carbocycles. The Balaban J connectivity index is 4.59. The van der Waals surface area contributed by atoms with Crippen LogP contribution >= 0.6 is 15.9 Å². The average Bonchev–Trinajstić information content (AvgIpc) is 2.41. The number of halogens is 1. The second kappa shape index (κ2) is 12.0. The standard InChI is InChI=1S/C16H35BrO4Si/c1-7-10-11-12-13-22(19-8-2,20-9-3)21-15(4)18-14-16(5,6)17/h15H,7-14H2,1-6H3. The van der Waals surface area contributed by atoms with E-state index in [1.54, 1.807) is 0 Å². The van der Waals surface area contributed by atoms with E-state index in [0.29, 0.717) is 19.8 Å². The molecule has 0 aliphatic rings. The lowest BCUT2D eigenvalue weighted by Gasteiger charge is -2.32. The van der Waals surface area contributed by atoms with Crippen molar-refractivity contribution in [2.24, 2.45) is 0 Å². The Hall–Kier alpha value is 0.537. The summed E-state index contributed by atoms with van der Waals surface area (Å²) in [4.78, 5) is 0. The number of hydrogen-bond donors (Lipinski definition) is 0. The monoisotopic (exact) mass is 398 g/mol. The third-order valence-corrected chi connectivity index (χ3v) is 6.41. The van der Waals surface area contributed by atoms with Crippen molar-refractivity contribution in [3.8, 4) is 0 Å². The van der Waals surface area contributed by atoms with Crippen LogP contribution in [0.5, 0.6) is 0 Å². The van der Waals surface area contributed by atoms with E-state index >= 15 is 0 Å². The summed E-state index contributed by atoms with van der Waals surface area (Å²) in [6.07, 6.45) is 4.41. The predicted octanol–water partition coefficient (Wildman–Crippen LogP) is 5.13. The van der Waals surface area contributed by atoms with Gasteiger partial charge in [0.15, 0.2) is 0 Å². The van der Waals surface area contributed by atoms with Crippen LogP contribution in [0.4, 0.5) is 0 Å². The maximum absolute atomic E-state index is 6.15. The van der Waals surface area contributed by atoms with Crippen molar-refractivity contribution in [3.63, 3.8) is 0 Å². The van der Waals surface area contributed by atoms with Gasteiger partial charge < -0.3 is 18.0 Å². The van der Waals surface area contributed by atoms with Gasteiger partial charge in [0.1, 0.15) is 6.29 Å². The summed E-state index contributed by atoms with van der Waals surface area (Å²) in [6, 6.07) is 0.861. The zero-order chi connectivity index (χ0) is 17.1. The second-order valence-corrected chi connectivity index (χ2v) is 10.9. The van der Waals surface area contributed by atoms with E-state index in [4.69, 9.17) is 18.0 Å². The molecule has 0 heterocycles. The molecule has 0 saturated carbocycles. The van der Waals surface area contributed by atoms with E-state index in [-0.39, 0.29) is 10.6 Å². The van der Waals surface area contributed by atoms with Gasteiger partial charge in [0, 0.05) is 23.6 Å². The molecular weight excluding hydrogens is 364 g/mol. The highest BCUT2D eigenvalue weighted by atomic mass is 79.9. The molecule has 0 radical (unpaired) electrons. The summed E-state index contributed by atoms with van der Waals surface area (Å²) in [6.45, 7) is 14.0. The fourth-order valence-corrected chi connectivity index (χ4v) is 5.02. The summed E-state index contributed by atoms with van der Waals surface area (Å²) in [7, 11) is -2.65. The molecule has 6 heteroatoms. The zero-order valence-electron chi connectivity index (χ0n) is 15.2. The minimum Gasteiger partial charge on any atom is -0.374 e. The van der Waals surface area contributed by atoms with Crippen molar-refractivity contribution in [2.45, 2.75) is 83.9 Å². The molecule has 0 aromatic carbocycles. The molecule has 0 aromatic rings. The molecule has 0 fully saturated rings. The number of alkyl halides is 1. The van der Waals surface area contributed by atoms with Gasteiger partial charge in [-0.2, -0.15) is 0 Å². The van der Waals surface area contributed by atoms with Crippen molar-refractivity contribution in [1.29, 1.82) is 0 Å². The number of hydrogen-bond acceptors (Lipinski definition) is 4. The van der Waals surface area contributed by atoms with Crippen LogP contribution in [0.25, 0.3) is 0 Å². The highest BCUT2D eigenvalue weighted by molar-refractivity contribution is 9.10. The van der Waals surface area contributed by atoms with Crippen LogP contribution in [-0.2, 0) is 18.0 Å². The third kappa shape index (κ3) is 11.1. The Kier molecular flexibility index (Phi) is 12.3. The first-order chi connectivity index (χ1) is 10.3. The van der Waals surface area contributed by atoms with E-state index < -0.39 is 8.80 Å². The molecule has 1 atom stereocenters. The molecule has 22 heavy (non-hydrogen) atoms. The van der Waals surface area contributed by atoms with Gasteiger partial charge in [-0.3, -0.25) is 0 Å². The number of rotatable bonds is 14. The van der Waals surface area contributed by atoms with E-state index in [0.717, 1.165) is 12.5 Å². The highest BCUT2D eigenvalue weighted by Crippen LogP contribution is 2.23. The maximum atomic E-state index is 6.15. The maximum Gasteiger partial charge on any atom is 0.502 e. The van der Waals surface area contributed by atoms with E-state index in [9.17, 15) is 0 Å². The first-order valence-corrected chi connectivity index (χ1v) is 11.3. The Labute approximate surface area is 146 Å². The van der Waals surface area contributed by atoms with E-state index in [1.807, 2.05) is 20.8 Å². The van der Waals surface area contributed by atoms with Gasteiger partial charge in [-0.15, -0.1) is 0 Å². The van der Waals surface area contributed by atoms with Crippen LogP contribution in [-0.4, -0.2) is 39.2 Å². The van der Waals surface area contributed by atoms with Crippen LogP contribution in [0.2, 0.25) is 6.04 Å². The molecule has 0 bridgehead atoms. The fourth-order valence-electron chi connectivity index (χ4n) is 2.12. The molecule has 0 rings (SSSR count). The highest BCUT2D eigenvalue weighted by Gasteiger charge is 2.42. The van der Waals surface area contributed by atoms with E-state index in [2.05, 4.69) is 36.7 Å². The normalized spacial score (nSPS) is 14.3. The molecular formula is C16H35BrO4Si. The molecule has 0 aliphatic heterocycles. The lowest BCUT2D eigenvalue weighted by atomic mass is 10.2. The van der Waals surface area contributed by atoms with Gasteiger partial charge in [-0.25, -0.2) is 0 Å². The van der Waals surface area contributed by atoms with Gasteiger partial charge in [-0.05, 0) is 41.0 Å². The molecule has 1 unspecified atom stereocenters. The van der Waals surface area contributed by atoms with Gasteiger partial charge >= 0.3 is 8.80 Å². The lowest BCUT2D eigenvalue weighted by molar-refractivity contribution is -0.111.